The van der Waals surface area contributed by atoms with Crippen LogP contribution in [0.4, 0.5) is 5.82 Å². The van der Waals surface area contributed by atoms with Crippen molar-refractivity contribution in [3.63, 3.8) is 0 Å². The van der Waals surface area contributed by atoms with Crippen LogP contribution in [0.15, 0.2) is 35.2 Å². The molecule has 0 saturated heterocycles. The van der Waals surface area contributed by atoms with E-state index in [4.69, 9.17) is 0 Å². The molecule has 0 radical (unpaired) electrons. The molecule has 2 rings (SSSR count). The number of rotatable bonds is 6. The van der Waals surface area contributed by atoms with E-state index < -0.39 is 0 Å². The van der Waals surface area contributed by atoms with Crippen molar-refractivity contribution < 1.29 is 0 Å². The predicted octanol–water partition coefficient (Wildman–Crippen LogP) is 3.45. The van der Waals surface area contributed by atoms with Gasteiger partial charge in [-0.25, -0.2) is 4.98 Å². The van der Waals surface area contributed by atoms with Gasteiger partial charge in [-0.2, -0.15) is 11.3 Å². The second-order valence-corrected chi connectivity index (χ2v) is 5.49. The molecule has 4 heteroatoms. The van der Waals surface area contributed by atoms with E-state index in [1.807, 2.05) is 6.20 Å². The molecule has 3 nitrogen and oxygen atoms in total. The largest absolute Gasteiger partial charge is 0.355 e. The Bertz CT molecular complexity index is 496. The summed E-state index contributed by atoms with van der Waals surface area (Å²) in [5.41, 5.74) is 2.61. The van der Waals surface area contributed by atoms with E-state index in [1.165, 1.54) is 11.1 Å². The number of pyridine rings is 1. The maximum Gasteiger partial charge on any atom is 0.128 e. The van der Waals surface area contributed by atoms with Crippen LogP contribution in [0.3, 0.4) is 0 Å². The van der Waals surface area contributed by atoms with Crippen LogP contribution in [0.25, 0.3) is 0 Å². The molecule has 0 saturated carbocycles. The van der Waals surface area contributed by atoms with Gasteiger partial charge in [0.15, 0.2) is 0 Å². The van der Waals surface area contributed by atoms with Crippen molar-refractivity contribution in [2.24, 2.45) is 0 Å². The third-order valence-corrected chi connectivity index (χ3v) is 3.90. The van der Waals surface area contributed by atoms with Gasteiger partial charge in [0.05, 0.1) is 0 Å². The predicted molar refractivity (Wildman–Crippen MR) is 82.8 cm³/mol. The summed E-state index contributed by atoms with van der Waals surface area (Å²) in [4.78, 5) is 6.65. The minimum atomic E-state index is 0.362. The van der Waals surface area contributed by atoms with E-state index in [0.717, 1.165) is 18.9 Å². The molecule has 0 amide bonds. The lowest BCUT2D eigenvalue weighted by Gasteiger charge is -2.20. The number of thiophene rings is 1. The van der Waals surface area contributed by atoms with Gasteiger partial charge in [-0.05, 0) is 53.6 Å². The minimum absolute atomic E-state index is 0.362. The van der Waals surface area contributed by atoms with Gasteiger partial charge in [-0.1, -0.05) is 6.92 Å². The average Bonchev–Trinajstić information content (AvgIpc) is 2.92. The maximum absolute atomic E-state index is 4.46. The third kappa shape index (κ3) is 3.78. The second-order valence-electron chi connectivity index (χ2n) is 4.71. The molecule has 0 spiro atoms. The van der Waals surface area contributed by atoms with E-state index in [9.17, 15) is 0 Å². The normalized spacial score (nSPS) is 12.4. The first-order valence-corrected chi connectivity index (χ1v) is 7.56. The quantitative estimate of drug-likeness (QED) is 0.875. The van der Waals surface area contributed by atoms with Gasteiger partial charge in [0.25, 0.3) is 0 Å². The lowest BCUT2D eigenvalue weighted by molar-refractivity contribution is 0.597. The molecule has 2 aromatic rings. The van der Waals surface area contributed by atoms with Crippen molar-refractivity contribution in [3.8, 4) is 0 Å². The first-order chi connectivity index (χ1) is 9.20. The summed E-state index contributed by atoms with van der Waals surface area (Å²) in [5, 5.41) is 7.72. The Hall–Kier alpha value is -1.39. The topological polar surface area (TPSA) is 28.2 Å². The van der Waals surface area contributed by atoms with Crippen LogP contribution in [0.2, 0.25) is 0 Å². The Morgan fingerprint density at radius 1 is 1.42 bits per heavy atom. The molecule has 1 atom stereocenters. The van der Waals surface area contributed by atoms with Crippen molar-refractivity contribution in [1.82, 2.24) is 10.3 Å². The summed E-state index contributed by atoms with van der Waals surface area (Å²) in [6.07, 6.45) is 1.89. The summed E-state index contributed by atoms with van der Waals surface area (Å²) in [5.74, 6) is 1.02. The molecule has 0 aliphatic rings. The number of aromatic nitrogens is 1. The van der Waals surface area contributed by atoms with Crippen molar-refractivity contribution in [3.05, 3.63) is 46.3 Å². The Kier molecular flexibility index (Phi) is 4.93. The van der Waals surface area contributed by atoms with Gasteiger partial charge in [0.2, 0.25) is 0 Å². The Balaban J connectivity index is 2.09. The summed E-state index contributed by atoms with van der Waals surface area (Å²) < 4.78 is 0. The molecular formula is C15H21N3S. The van der Waals surface area contributed by atoms with Gasteiger partial charge in [0, 0.05) is 25.8 Å². The van der Waals surface area contributed by atoms with Crippen LogP contribution in [-0.4, -0.2) is 18.6 Å². The van der Waals surface area contributed by atoms with Crippen molar-refractivity contribution >= 4 is 17.2 Å². The highest BCUT2D eigenvalue weighted by molar-refractivity contribution is 7.07. The molecule has 1 N–H and O–H groups in total. The smallest absolute Gasteiger partial charge is 0.128 e. The van der Waals surface area contributed by atoms with Crippen molar-refractivity contribution in [2.45, 2.75) is 26.4 Å². The Morgan fingerprint density at radius 3 is 2.95 bits per heavy atom. The van der Waals surface area contributed by atoms with E-state index >= 15 is 0 Å². The van der Waals surface area contributed by atoms with Crippen molar-refractivity contribution in [1.29, 1.82) is 0 Å². The van der Waals surface area contributed by atoms with Crippen LogP contribution >= 0.6 is 11.3 Å². The molecular weight excluding hydrogens is 254 g/mol. The van der Waals surface area contributed by atoms with E-state index in [0.29, 0.717) is 6.04 Å². The van der Waals surface area contributed by atoms with Gasteiger partial charge in [0.1, 0.15) is 5.82 Å². The first kappa shape index (κ1) is 14.0. The first-order valence-electron chi connectivity index (χ1n) is 6.62. The fourth-order valence-electron chi connectivity index (χ4n) is 2.07. The molecule has 2 aromatic heterocycles. The number of anilines is 1. The second kappa shape index (κ2) is 6.68. The summed E-state index contributed by atoms with van der Waals surface area (Å²) in [7, 11) is 2.09. The van der Waals surface area contributed by atoms with Gasteiger partial charge < -0.3 is 10.2 Å². The van der Waals surface area contributed by atoms with Gasteiger partial charge >= 0.3 is 0 Å². The zero-order valence-electron chi connectivity index (χ0n) is 11.8. The van der Waals surface area contributed by atoms with Crippen molar-refractivity contribution in [2.75, 3.05) is 18.5 Å². The highest BCUT2D eigenvalue weighted by Crippen LogP contribution is 2.19. The molecule has 0 aliphatic heterocycles. The maximum atomic E-state index is 4.46. The van der Waals surface area contributed by atoms with E-state index in [1.54, 1.807) is 11.3 Å². The lowest BCUT2D eigenvalue weighted by Crippen LogP contribution is -2.20. The standard InChI is InChI=1S/C15H21N3S/c1-4-16-12(2)14-5-7-17-15(9-14)18(3)10-13-6-8-19-11-13/h5-9,11-12,16H,4,10H2,1-3H3. The molecule has 102 valence electrons. The monoisotopic (exact) mass is 275 g/mol. The molecule has 0 aliphatic carbocycles. The summed E-state index contributed by atoms with van der Waals surface area (Å²) >= 11 is 1.73. The number of nitrogens with one attached hydrogen (secondary N) is 1. The third-order valence-electron chi connectivity index (χ3n) is 3.17. The molecule has 2 heterocycles. The Morgan fingerprint density at radius 2 is 2.26 bits per heavy atom. The van der Waals surface area contributed by atoms with Gasteiger partial charge in [-0.3, -0.25) is 0 Å². The SMILES string of the molecule is CCNC(C)c1ccnc(N(C)Cc2ccsc2)c1. The summed E-state index contributed by atoms with van der Waals surface area (Å²) in [6, 6.07) is 6.77. The minimum Gasteiger partial charge on any atom is -0.355 e. The van der Waals surface area contributed by atoms with Crippen LogP contribution in [0, 0.1) is 0 Å². The number of hydrogen-bond donors (Lipinski definition) is 1. The molecule has 19 heavy (non-hydrogen) atoms. The fraction of sp³-hybridized carbons (Fsp3) is 0.400. The zero-order valence-corrected chi connectivity index (χ0v) is 12.6. The summed E-state index contributed by atoms with van der Waals surface area (Å²) in [6.45, 7) is 6.18. The molecule has 0 bridgehead atoms. The van der Waals surface area contributed by atoms with Crippen LogP contribution < -0.4 is 10.2 Å². The highest BCUT2D eigenvalue weighted by Gasteiger charge is 2.08. The lowest BCUT2D eigenvalue weighted by atomic mass is 10.1. The number of hydrogen-bond acceptors (Lipinski definition) is 4. The fourth-order valence-corrected chi connectivity index (χ4v) is 2.73. The van der Waals surface area contributed by atoms with Crippen LogP contribution in [0.1, 0.15) is 31.0 Å². The van der Waals surface area contributed by atoms with Crippen LogP contribution in [-0.2, 0) is 6.54 Å². The zero-order chi connectivity index (χ0) is 13.7. The average molecular weight is 275 g/mol. The number of nitrogens with zero attached hydrogens (tertiary/aromatic N) is 2. The van der Waals surface area contributed by atoms with E-state index in [2.05, 4.69) is 65.1 Å². The highest BCUT2D eigenvalue weighted by atomic mass is 32.1. The molecule has 0 aromatic carbocycles. The van der Waals surface area contributed by atoms with Crippen LogP contribution in [0.5, 0.6) is 0 Å². The van der Waals surface area contributed by atoms with E-state index in [-0.39, 0.29) is 0 Å². The molecule has 1 unspecified atom stereocenters. The molecule has 0 fully saturated rings. The Labute approximate surface area is 119 Å². The van der Waals surface area contributed by atoms with Gasteiger partial charge in [-0.15, -0.1) is 0 Å².